The third-order valence-corrected chi connectivity index (χ3v) is 4.90. The van der Waals surface area contributed by atoms with Gasteiger partial charge in [0.05, 0.1) is 17.5 Å². The molecule has 6 nitrogen and oxygen atoms in total. The van der Waals surface area contributed by atoms with E-state index in [1.165, 1.54) is 4.57 Å². The standard InChI is InChI=1S/C21H23N3O3S/c1-27-14-13-23(15-16-7-3-2-4-8-16)19(25)11-12-24-20(26)17-9-5-6-10-18(17)22-21(24)28/h2-10H,11-15H2,1H3,(H,22,28). The largest absolute Gasteiger partial charge is 0.383 e. The molecule has 3 rings (SSSR count). The quantitative estimate of drug-likeness (QED) is 0.593. The van der Waals surface area contributed by atoms with Gasteiger partial charge in [0.1, 0.15) is 0 Å². The molecule has 28 heavy (non-hydrogen) atoms. The van der Waals surface area contributed by atoms with E-state index < -0.39 is 0 Å². The van der Waals surface area contributed by atoms with Gasteiger partial charge in [-0.05, 0) is 29.9 Å². The molecule has 0 bridgehead atoms. The van der Waals surface area contributed by atoms with Gasteiger partial charge in [0, 0.05) is 33.2 Å². The van der Waals surface area contributed by atoms with Crippen molar-refractivity contribution in [1.29, 1.82) is 0 Å². The van der Waals surface area contributed by atoms with Crippen LogP contribution in [0.3, 0.4) is 0 Å². The highest BCUT2D eigenvalue weighted by Crippen LogP contribution is 2.09. The number of hydrogen-bond acceptors (Lipinski definition) is 4. The van der Waals surface area contributed by atoms with Crippen LogP contribution < -0.4 is 5.56 Å². The van der Waals surface area contributed by atoms with Gasteiger partial charge in [0.15, 0.2) is 4.77 Å². The number of nitrogens with one attached hydrogen (secondary N) is 1. The molecule has 0 atom stereocenters. The van der Waals surface area contributed by atoms with Crippen LogP contribution in [-0.2, 0) is 22.6 Å². The van der Waals surface area contributed by atoms with Gasteiger partial charge in [0.2, 0.25) is 5.91 Å². The lowest BCUT2D eigenvalue weighted by atomic mass is 10.2. The topological polar surface area (TPSA) is 67.3 Å². The van der Waals surface area contributed by atoms with Crippen molar-refractivity contribution in [2.24, 2.45) is 0 Å². The molecule has 0 aliphatic carbocycles. The van der Waals surface area contributed by atoms with E-state index in [9.17, 15) is 9.59 Å². The number of para-hydroxylation sites is 1. The van der Waals surface area contributed by atoms with Crippen LogP contribution in [0.1, 0.15) is 12.0 Å². The molecule has 0 aliphatic heterocycles. The number of aromatic amines is 1. The first-order chi connectivity index (χ1) is 13.6. The Hall–Kier alpha value is -2.77. The minimum Gasteiger partial charge on any atom is -0.383 e. The molecule has 0 saturated heterocycles. The van der Waals surface area contributed by atoms with Gasteiger partial charge in [-0.2, -0.15) is 0 Å². The molecule has 1 amide bonds. The average Bonchev–Trinajstić information content (AvgIpc) is 2.71. The monoisotopic (exact) mass is 397 g/mol. The van der Waals surface area contributed by atoms with Crippen molar-refractivity contribution in [2.75, 3.05) is 20.3 Å². The average molecular weight is 398 g/mol. The number of nitrogens with zero attached hydrogens (tertiary/aromatic N) is 2. The Kier molecular flexibility index (Phi) is 6.73. The van der Waals surface area contributed by atoms with Crippen molar-refractivity contribution in [1.82, 2.24) is 14.5 Å². The SMILES string of the molecule is COCCN(Cc1ccccc1)C(=O)CCn1c(=S)[nH]c2ccccc2c1=O. The predicted octanol–water partition coefficient (Wildman–Crippen LogP) is 3.12. The maximum absolute atomic E-state index is 12.8. The number of rotatable bonds is 8. The zero-order chi connectivity index (χ0) is 19.9. The number of aromatic nitrogens is 2. The van der Waals surface area contributed by atoms with Crippen LogP contribution in [-0.4, -0.2) is 40.6 Å². The second kappa shape index (κ2) is 9.43. The fraction of sp³-hybridized carbons (Fsp3) is 0.286. The highest BCUT2D eigenvalue weighted by Gasteiger charge is 2.15. The maximum atomic E-state index is 12.8. The van der Waals surface area contributed by atoms with Crippen molar-refractivity contribution in [3.05, 3.63) is 75.3 Å². The third-order valence-electron chi connectivity index (χ3n) is 4.57. The van der Waals surface area contributed by atoms with E-state index in [0.717, 1.165) is 5.56 Å². The van der Waals surface area contributed by atoms with Crippen LogP contribution in [0.2, 0.25) is 0 Å². The fourth-order valence-corrected chi connectivity index (χ4v) is 3.35. The molecular weight excluding hydrogens is 374 g/mol. The Morgan fingerprint density at radius 2 is 1.86 bits per heavy atom. The number of amides is 1. The number of fused-ring (bicyclic) bond motifs is 1. The lowest BCUT2D eigenvalue weighted by Crippen LogP contribution is -2.35. The van der Waals surface area contributed by atoms with Gasteiger partial charge in [-0.15, -0.1) is 0 Å². The Bertz CT molecular complexity index is 1060. The summed E-state index contributed by atoms with van der Waals surface area (Å²) in [5.74, 6) is -0.0460. The van der Waals surface area contributed by atoms with Crippen molar-refractivity contribution in [3.8, 4) is 0 Å². The van der Waals surface area contributed by atoms with E-state index in [4.69, 9.17) is 17.0 Å². The lowest BCUT2D eigenvalue weighted by Gasteiger charge is -2.23. The Morgan fingerprint density at radius 1 is 1.14 bits per heavy atom. The number of methoxy groups -OCH3 is 1. The molecule has 0 fully saturated rings. The zero-order valence-corrected chi connectivity index (χ0v) is 16.6. The summed E-state index contributed by atoms with van der Waals surface area (Å²) in [6.45, 7) is 1.68. The van der Waals surface area contributed by atoms with Crippen LogP contribution >= 0.6 is 12.2 Å². The molecule has 0 unspecified atom stereocenters. The van der Waals surface area contributed by atoms with Crippen LogP contribution in [0.5, 0.6) is 0 Å². The molecular formula is C21H23N3O3S. The number of carbonyl (C=O) groups is 1. The number of benzene rings is 2. The molecule has 0 saturated carbocycles. The number of hydrogen-bond donors (Lipinski definition) is 1. The summed E-state index contributed by atoms with van der Waals surface area (Å²) in [6, 6.07) is 17.0. The van der Waals surface area contributed by atoms with Crippen molar-refractivity contribution in [3.63, 3.8) is 0 Å². The summed E-state index contributed by atoms with van der Waals surface area (Å²) in [5.41, 5.74) is 1.57. The minimum atomic E-state index is -0.182. The van der Waals surface area contributed by atoms with E-state index in [0.29, 0.717) is 35.4 Å². The summed E-state index contributed by atoms with van der Waals surface area (Å²) < 4.78 is 6.91. The van der Waals surface area contributed by atoms with Crippen molar-refractivity contribution in [2.45, 2.75) is 19.5 Å². The molecule has 1 heterocycles. The molecule has 1 N–H and O–H groups in total. The fourth-order valence-electron chi connectivity index (χ4n) is 3.06. The summed E-state index contributed by atoms with van der Waals surface area (Å²) in [6.07, 6.45) is 0.187. The van der Waals surface area contributed by atoms with Gasteiger partial charge < -0.3 is 14.6 Å². The highest BCUT2D eigenvalue weighted by molar-refractivity contribution is 7.71. The maximum Gasteiger partial charge on any atom is 0.262 e. The smallest absolute Gasteiger partial charge is 0.262 e. The van der Waals surface area contributed by atoms with E-state index in [2.05, 4.69) is 4.98 Å². The van der Waals surface area contributed by atoms with Gasteiger partial charge in [-0.25, -0.2) is 0 Å². The van der Waals surface area contributed by atoms with Gasteiger partial charge in [-0.3, -0.25) is 14.2 Å². The van der Waals surface area contributed by atoms with Crippen molar-refractivity contribution >= 4 is 29.0 Å². The summed E-state index contributed by atoms with van der Waals surface area (Å²) in [7, 11) is 1.61. The molecule has 0 aliphatic rings. The Labute approximate surface area is 168 Å². The number of ether oxygens (including phenoxy) is 1. The van der Waals surface area contributed by atoms with E-state index in [-0.39, 0.29) is 24.4 Å². The van der Waals surface area contributed by atoms with E-state index in [1.54, 1.807) is 18.1 Å². The van der Waals surface area contributed by atoms with Crippen LogP contribution in [0, 0.1) is 4.77 Å². The number of H-pyrrole nitrogens is 1. The molecule has 146 valence electrons. The molecule has 2 aromatic carbocycles. The van der Waals surface area contributed by atoms with Crippen LogP contribution in [0.25, 0.3) is 10.9 Å². The second-order valence-electron chi connectivity index (χ2n) is 6.48. The predicted molar refractivity (Wildman–Crippen MR) is 112 cm³/mol. The van der Waals surface area contributed by atoms with Gasteiger partial charge in [-0.1, -0.05) is 42.5 Å². The van der Waals surface area contributed by atoms with Crippen LogP contribution in [0.4, 0.5) is 0 Å². The lowest BCUT2D eigenvalue weighted by molar-refractivity contribution is -0.132. The first-order valence-corrected chi connectivity index (χ1v) is 9.53. The van der Waals surface area contributed by atoms with E-state index in [1.807, 2.05) is 48.5 Å². The van der Waals surface area contributed by atoms with E-state index >= 15 is 0 Å². The third kappa shape index (κ3) is 4.74. The highest BCUT2D eigenvalue weighted by atomic mass is 32.1. The van der Waals surface area contributed by atoms with Gasteiger partial charge >= 0.3 is 0 Å². The van der Waals surface area contributed by atoms with Crippen LogP contribution in [0.15, 0.2) is 59.4 Å². The molecule has 0 radical (unpaired) electrons. The second-order valence-corrected chi connectivity index (χ2v) is 6.86. The Balaban J connectivity index is 1.76. The van der Waals surface area contributed by atoms with Crippen molar-refractivity contribution < 1.29 is 9.53 Å². The first kappa shape index (κ1) is 20.0. The zero-order valence-electron chi connectivity index (χ0n) is 15.8. The minimum absolute atomic E-state index is 0.0460. The normalized spacial score (nSPS) is 10.9. The summed E-state index contributed by atoms with van der Waals surface area (Å²) in [4.78, 5) is 30.4. The summed E-state index contributed by atoms with van der Waals surface area (Å²) in [5, 5.41) is 0.559. The summed E-state index contributed by atoms with van der Waals surface area (Å²) >= 11 is 5.32. The molecule has 0 spiro atoms. The van der Waals surface area contributed by atoms with Gasteiger partial charge in [0.25, 0.3) is 5.56 Å². The Morgan fingerprint density at radius 3 is 2.61 bits per heavy atom. The number of carbonyl (C=O) groups excluding carboxylic acids is 1. The molecule has 1 aromatic heterocycles. The molecule has 3 aromatic rings. The molecule has 7 heteroatoms. The first-order valence-electron chi connectivity index (χ1n) is 9.12.